The van der Waals surface area contributed by atoms with Gasteiger partial charge in [0.15, 0.2) is 0 Å². The molecule has 1 aromatic heterocycles. The van der Waals surface area contributed by atoms with Crippen molar-refractivity contribution in [3.63, 3.8) is 0 Å². The SMILES string of the molecule is Cc1nc(C)c(C(=O)N/N=C/c2ccc(OCc3cccc(Cl)c3)cc2)s1. The quantitative estimate of drug-likeness (QED) is 0.480. The van der Waals surface area contributed by atoms with Crippen molar-refractivity contribution in [2.45, 2.75) is 20.5 Å². The topological polar surface area (TPSA) is 63.6 Å². The van der Waals surface area contributed by atoms with Crippen LogP contribution in [0.4, 0.5) is 0 Å². The number of hydrogen-bond donors (Lipinski definition) is 1. The smallest absolute Gasteiger partial charge is 0.283 e. The molecule has 1 heterocycles. The molecule has 1 amide bonds. The number of hydrazone groups is 1. The Bertz CT molecular complexity index is 968. The average Bonchev–Trinajstić information content (AvgIpc) is 2.99. The molecule has 0 saturated heterocycles. The molecule has 0 spiro atoms. The maximum absolute atomic E-state index is 12.1. The molecule has 0 fully saturated rings. The zero-order valence-electron chi connectivity index (χ0n) is 14.9. The molecule has 1 N–H and O–H groups in total. The minimum absolute atomic E-state index is 0.254. The summed E-state index contributed by atoms with van der Waals surface area (Å²) in [5.74, 6) is 0.489. The van der Waals surface area contributed by atoms with Crippen LogP contribution >= 0.6 is 22.9 Å². The Morgan fingerprint density at radius 2 is 2.04 bits per heavy atom. The summed E-state index contributed by atoms with van der Waals surface area (Å²) in [5, 5.41) is 5.54. The lowest BCUT2D eigenvalue weighted by atomic mass is 10.2. The van der Waals surface area contributed by atoms with Crippen LogP contribution in [-0.2, 0) is 6.61 Å². The van der Waals surface area contributed by atoms with E-state index in [-0.39, 0.29) is 5.91 Å². The van der Waals surface area contributed by atoms with E-state index in [0.29, 0.717) is 22.2 Å². The number of amides is 1. The molecule has 0 atom stereocenters. The van der Waals surface area contributed by atoms with Crippen LogP contribution in [0.15, 0.2) is 53.6 Å². The van der Waals surface area contributed by atoms with Gasteiger partial charge in [0.25, 0.3) is 5.91 Å². The second kappa shape index (κ2) is 8.79. The van der Waals surface area contributed by atoms with E-state index in [1.54, 1.807) is 6.21 Å². The molecule has 0 bridgehead atoms. The van der Waals surface area contributed by atoms with Crippen LogP contribution in [0.1, 0.15) is 31.5 Å². The minimum atomic E-state index is -0.254. The molecule has 0 aliphatic heterocycles. The van der Waals surface area contributed by atoms with E-state index >= 15 is 0 Å². The summed E-state index contributed by atoms with van der Waals surface area (Å²) in [6.45, 7) is 4.12. The summed E-state index contributed by atoms with van der Waals surface area (Å²) in [5.41, 5.74) is 5.09. The summed E-state index contributed by atoms with van der Waals surface area (Å²) in [4.78, 5) is 16.9. The molecule has 2 aromatic carbocycles. The fourth-order valence-electron chi connectivity index (χ4n) is 2.40. The fraction of sp³-hybridized carbons (Fsp3) is 0.150. The number of hydrogen-bond acceptors (Lipinski definition) is 5. The predicted octanol–water partition coefficient (Wildman–Crippen LogP) is 4.76. The Balaban J connectivity index is 1.53. The second-order valence-electron chi connectivity index (χ2n) is 5.83. The maximum atomic E-state index is 12.1. The molecule has 27 heavy (non-hydrogen) atoms. The molecule has 0 unspecified atom stereocenters. The lowest BCUT2D eigenvalue weighted by molar-refractivity contribution is 0.0958. The molecular weight excluding hydrogens is 382 g/mol. The summed E-state index contributed by atoms with van der Waals surface area (Å²) in [6.07, 6.45) is 1.59. The molecule has 3 rings (SSSR count). The number of benzene rings is 2. The van der Waals surface area contributed by atoms with E-state index < -0.39 is 0 Å². The Hall–Kier alpha value is -2.70. The van der Waals surface area contributed by atoms with E-state index in [1.165, 1.54) is 11.3 Å². The molecule has 0 saturated carbocycles. The highest BCUT2D eigenvalue weighted by Gasteiger charge is 2.12. The van der Waals surface area contributed by atoms with Crippen molar-refractivity contribution in [3.8, 4) is 5.75 Å². The van der Waals surface area contributed by atoms with E-state index in [0.717, 1.165) is 21.9 Å². The fourth-order valence-corrected chi connectivity index (χ4v) is 3.42. The molecular formula is C20H18ClN3O2S. The molecule has 3 aromatic rings. The molecule has 5 nitrogen and oxygen atoms in total. The third kappa shape index (κ3) is 5.39. The van der Waals surface area contributed by atoms with E-state index in [9.17, 15) is 4.79 Å². The number of aryl methyl sites for hydroxylation is 2. The van der Waals surface area contributed by atoms with Gasteiger partial charge >= 0.3 is 0 Å². The van der Waals surface area contributed by atoms with Crippen LogP contribution in [-0.4, -0.2) is 17.1 Å². The first-order valence-electron chi connectivity index (χ1n) is 8.26. The van der Waals surface area contributed by atoms with Gasteiger partial charge in [-0.2, -0.15) is 5.10 Å². The lowest BCUT2D eigenvalue weighted by Crippen LogP contribution is -2.17. The molecule has 7 heteroatoms. The first-order valence-corrected chi connectivity index (χ1v) is 9.45. The standard InChI is InChI=1S/C20H18ClN3O2S/c1-13-19(27-14(2)23-13)20(25)24-22-11-15-6-8-18(9-7-15)26-12-16-4-3-5-17(21)10-16/h3-11H,12H2,1-2H3,(H,24,25)/b22-11+. The lowest BCUT2D eigenvalue weighted by Gasteiger charge is -2.06. The monoisotopic (exact) mass is 399 g/mol. The zero-order chi connectivity index (χ0) is 19.2. The third-order valence-corrected chi connectivity index (χ3v) is 4.97. The zero-order valence-corrected chi connectivity index (χ0v) is 16.5. The van der Waals surface area contributed by atoms with E-state index in [4.69, 9.17) is 16.3 Å². The summed E-state index contributed by atoms with van der Waals surface area (Å²) >= 11 is 7.32. The Kier molecular flexibility index (Phi) is 6.21. The maximum Gasteiger partial charge on any atom is 0.283 e. The van der Waals surface area contributed by atoms with Crippen LogP contribution < -0.4 is 10.2 Å². The van der Waals surface area contributed by atoms with Gasteiger partial charge in [-0.05, 0) is 61.4 Å². The first-order chi connectivity index (χ1) is 13.0. The van der Waals surface area contributed by atoms with Crippen molar-refractivity contribution >= 4 is 35.1 Å². The Morgan fingerprint density at radius 1 is 1.26 bits per heavy atom. The number of carbonyl (C=O) groups is 1. The van der Waals surface area contributed by atoms with Gasteiger partial charge in [0.05, 0.1) is 16.9 Å². The largest absolute Gasteiger partial charge is 0.489 e. The number of thiazole rings is 1. The van der Waals surface area contributed by atoms with Crippen LogP contribution in [0.5, 0.6) is 5.75 Å². The first kappa shape index (κ1) is 19.1. The molecule has 0 aliphatic rings. The highest BCUT2D eigenvalue weighted by molar-refractivity contribution is 7.13. The highest BCUT2D eigenvalue weighted by Crippen LogP contribution is 2.17. The van der Waals surface area contributed by atoms with Crippen molar-refractivity contribution in [1.29, 1.82) is 0 Å². The molecule has 138 valence electrons. The highest BCUT2D eigenvalue weighted by atomic mass is 35.5. The van der Waals surface area contributed by atoms with Crippen LogP contribution in [0.3, 0.4) is 0 Å². The summed E-state index contributed by atoms with van der Waals surface area (Å²) < 4.78 is 5.74. The Labute approximate surface area is 166 Å². The number of halogens is 1. The number of carbonyl (C=O) groups excluding carboxylic acids is 1. The third-order valence-electron chi connectivity index (χ3n) is 3.66. The second-order valence-corrected chi connectivity index (χ2v) is 7.47. The summed E-state index contributed by atoms with van der Waals surface area (Å²) in [6, 6.07) is 15.0. The van der Waals surface area contributed by atoms with Crippen LogP contribution in [0, 0.1) is 13.8 Å². The number of aromatic nitrogens is 1. The number of rotatable bonds is 6. The van der Waals surface area contributed by atoms with Crippen molar-refractivity contribution in [1.82, 2.24) is 10.4 Å². The van der Waals surface area contributed by atoms with Gasteiger partial charge in [0.2, 0.25) is 0 Å². The van der Waals surface area contributed by atoms with E-state index in [1.807, 2.05) is 62.4 Å². The van der Waals surface area contributed by atoms with Gasteiger partial charge < -0.3 is 4.74 Å². The molecule has 0 aliphatic carbocycles. The number of nitrogens with one attached hydrogen (secondary N) is 1. The summed E-state index contributed by atoms with van der Waals surface area (Å²) in [7, 11) is 0. The average molecular weight is 400 g/mol. The van der Waals surface area contributed by atoms with E-state index in [2.05, 4.69) is 15.5 Å². The van der Waals surface area contributed by atoms with Crippen LogP contribution in [0.2, 0.25) is 5.02 Å². The van der Waals surface area contributed by atoms with Gasteiger partial charge in [0, 0.05) is 5.02 Å². The van der Waals surface area contributed by atoms with Crippen molar-refractivity contribution in [2.24, 2.45) is 5.10 Å². The van der Waals surface area contributed by atoms with Gasteiger partial charge in [-0.25, -0.2) is 10.4 Å². The predicted molar refractivity (Wildman–Crippen MR) is 109 cm³/mol. The van der Waals surface area contributed by atoms with Crippen LogP contribution in [0.25, 0.3) is 0 Å². The van der Waals surface area contributed by atoms with Gasteiger partial charge in [0.1, 0.15) is 17.2 Å². The number of ether oxygens (including phenoxy) is 1. The minimum Gasteiger partial charge on any atom is -0.489 e. The van der Waals surface area contributed by atoms with Gasteiger partial charge in [-0.1, -0.05) is 23.7 Å². The Morgan fingerprint density at radius 3 is 2.70 bits per heavy atom. The van der Waals surface area contributed by atoms with Crippen molar-refractivity contribution < 1.29 is 9.53 Å². The molecule has 0 radical (unpaired) electrons. The van der Waals surface area contributed by atoms with Crippen molar-refractivity contribution in [2.75, 3.05) is 0 Å². The van der Waals surface area contributed by atoms with Gasteiger partial charge in [-0.15, -0.1) is 11.3 Å². The number of nitrogens with zero attached hydrogens (tertiary/aromatic N) is 2. The van der Waals surface area contributed by atoms with Crippen molar-refractivity contribution in [3.05, 3.63) is 80.3 Å². The normalized spacial score (nSPS) is 10.9. The van der Waals surface area contributed by atoms with Gasteiger partial charge in [-0.3, -0.25) is 4.79 Å².